The Labute approximate surface area is 93.6 Å². The van der Waals surface area contributed by atoms with Crippen LogP contribution in [0, 0.1) is 17.8 Å². The normalized spacial score (nSPS) is 41.2. The fraction of sp³-hybridized carbons (Fsp3) is 1.00. The standard InChI is InChI=1S/C14H24O/c1-2-4-11(5-3-1)10-15-14-9-12-6-7-13(14)8-12/h11-14H,1-10H2. The summed E-state index contributed by atoms with van der Waals surface area (Å²) < 4.78 is 6.18. The zero-order chi connectivity index (χ0) is 10.1. The topological polar surface area (TPSA) is 9.23 Å². The second-order valence-corrected chi connectivity index (χ2v) is 6.05. The van der Waals surface area contributed by atoms with Gasteiger partial charge in [-0.15, -0.1) is 0 Å². The number of ether oxygens (including phenoxy) is 1. The van der Waals surface area contributed by atoms with E-state index < -0.39 is 0 Å². The largest absolute Gasteiger partial charge is 0.378 e. The SMILES string of the molecule is C1CCC(COC2CC3CCC2C3)CC1. The summed E-state index contributed by atoms with van der Waals surface area (Å²) in [6.07, 6.45) is 13.7. The first kappa shape index (κ1) is 10.1. The van der Waals surface area contributed by atoms with Crippen LogP contribution in [0.3, 0.4) is 0 Å². The van der Waals surface area contributed by atoms with Gasteiger partial charge in [0.25, 0.3) is 0 Å². The fourth-order valence-electron chi connectivity index (χ4n) is 4.00. The van der Waals surface area contributed by atoms with Gasteiger partial charge in [0.15, 0.2) is 0 Å². The lowest BCUT2D eigenvalue weighted by Crippen LogP contribution is -2.24. The first-order chi connectivity index (χ1) is 7.42. The Morgan fingerprint density at radius 2 is 1.73 bits per heavy atom. The predicted molar refractivity (Wildman–Crippen MR) is 61.8 cm³/mol. The van der Waals surface area contributed by atoms with E-state index >= 15 is 0 Å². The molecule has 3 aliphatic rings. The highest BCUT2D eigenvalue weighted by molar-refractivity contribution is 4.91. The summed E-state index contributed by atoms with van der Waals surface area (Å²) in [6, 6.07) is 0. The molecule has 0 amide bonds. The number of fused-ring (bicyclic) bond motifs is 2. The molecular formula is C14H24O. The molecule has 0 radical (unpaired) electrons. The minimum absolute atomic E-state index is 0.658. The Balaban J connectivity index is 1.42. The van der Waals surface area contributed by atoms with E-state index in [-0.39, 0.29) is 0 Å². The first-order valence-corrected chi connectivity index (χ1v) is 7.03. The van der Waals surface area contributed by atoms with E-state index in [1.807, 2.05) is 0 Å². The van der Waals surface area contributed by atoms with E-state index in [2.05, 4.69) is 0 Å². The third kappa shape index (κ3) is 2.22. The van der Waals surface area contributed by atoms with E-state index in [0.29, 0.717) is 6.10 Å². The molecule has 3 aliphatic carbocycles. The van der Waals surface area contributed by atoms with Crippen molar-refractivity contribution in [1.29, 1.82) is 0 Å². The van der Waals surface area contributed by atoms with Crippen LogP contribution < -0.4 is 0 Å². The molecule has 3 fully saturated rings. The summed E-state index contributed by atoms with van der Waals surface area (Å²) in [4.78, 5) is 0. The maximum Gasteiger partial charge on any atom is 0.0606 e. The van der Waals surface area contributed by atoms with E-state index in [9.17, 15) is 0 Å². The smallest absolute Gasteiger partial charge is 0.0606 e. The summed E-state index contributed by atoms with van der Waals surface area (Å²) in [5.74, 6) is 2.88. The predicted octanol–water partition coefficient (Wildman–Crippen LogP) is 3.77. The lowest BCUT2D eigenvalue weighted by molar-refractivity contribution is -0.00892. The van der Waals surface area contributed by atoms with E-state index in [0.717, 1.165) is 24.4 Å². The van der Waals surface area contributed by atoms with Gasteiger partial charge in [-0.05, 0) is 56.3 Å². The summed E-state index contributed by atoms with van der Waals surface area (Å²) in [5.41, 5.74) is 0. The Morgan fingerprint density at radius 1 is 0.867 bits per heavy atom. The van der Waals surface area contributed by atoms with Crippen LogP contribution in [0.2, 0.25) is 0 Å². The highest BCUT2D eigenvalue weighted by Crippen LogP contribution is 2.46. The molecule has 15 heavy (non-hydrogen) atoms. The molecule has 0 heterocycles. The molecule has 2 bridgehead atoms. The molecule has 3 unspecified atom stereocenters. The van der Waals surface area contributed by atoms with Gasteiger partial charge in [-0.2, -0.15) is 0 Å². The van der Waals surface area contributed by atoms with Crippen molar-refractivity contribution < 1.29 is 4.74 Å². The second-order valence-electron chi connectivity index (χ2n) is 6.05. The van der Waals surface area contributed by atoms with Crippen molar-refractivity contribution in [1.82, 2.24) is 0 Å². The fourth-order valence-corrected chi connectivity index (χ4v) is 4.00. The molecule has 0 spiro atoms. The summed E-state index contributed by atoms with van der Waals surface area (Å²) in [6.45, 7) is 1.08. The quantitative estimate of drug-likeness (QED) is 0.686. The van der Waals surface area contributed by atoms with E-state index in [1.54, 1.807) is 0 Å². The molecular weight excluding hydrogens is 184 g/mol. The van der Waals surface area contributed by atoms with Gasteiger partial charge in [-0.1, -0.05) is 19.3 Å². The van der Waals surface area contributed by atoms with Crippen LogP contribution in [0.15, 0.2) is 0 Å². The van der Waals surface area contributed by atoms with Crippen LogP contribution in [0.25, 0.3) is 0 Å². The van der Waals surface area contributed by atoms with Crippen LogP contribution in [-0.2, 0) is 4.74 Å². The zero-order valence-corrected chi connectivity index (χ0v) is 9.79. The number of hydrogen-bond acceptors (Lipinski definition) is 1. The van der Waals surface area contributed by atoms with Gasteiger partial charge in [0.2, 0.25) is 0 Å². The summed E-state index contributed by atoms with van der Waals surface area (Å²) >= 11 is 0. The molecule has 1 nitrogen and oxygen atoms in total. The molecule has 3 saturated carbocycles. The molecule has 0 N–H and O–H groups in total. The number of rotatable bonds is 3. The van der Waals surface area contributed by atoms with Crippen molar-refractivity contribution in [2.75, 3.05) is 6.61 Å². The van der Waals surface area contributed by atoms with Crippen LogP contribution in [0.1, 0.15) is 57.8 Å². The Hall–Kier alpha value is -0.0400. The van der Waals surface area contributed by atoms with E-state index in [4.69, 9.17) is 4.74 Å². The zero-order valence-electron chi connectivity index (χ0n) is 9.79. The molecule has 0 saturated heterocycles. The molecule has 3 atom stereocenters. The first-order valence-electron chi connectivity index (χ1n) is 7.03. The monoisotopic (exact) mass is 208 g/mol. The maximum atomic E-state index is 6.18. The van der Waals surface area contributed by atoms with Gasteiger partial charge in [-0.25, -0.2) is 0 Å². The molecule has 1 heteroatoms. The van der Waals surface area contributed by atoms with Crippen molar-refractivity contribution in [3.05, 3.63) is 0 Å². The average molecular weight is 208 g/mol. The van der Waals surface area contributed by atoms with Gasteiger partial charge in [-0.3, -0.25) is 0 Å². The minimum Gasteiger partial charge on any atom is -0.378 e. The third-order valence-electron chi connectivity index (χ3n) is 4.94. The summed E-state index contributed by atoms with van der Waals surface area (Å²) in [5, 5.41) is 0. The van der Waals surface area contributed by atoms with E-state index in [1.165, 1.54) is 57.8 Å². The van der Waals surface area contributed by atoms with Crippen molar-refractivity contribution in [2.45, 2.75) is 63.9 Å². The van der Waals surface area contributed by atoms with Crippen LogP contribution in [-0.4, -0.2) is 12.7 Å². The van der Waals surface area contributed by atoms with Crippen molar-refractivity contribution in [3.63, 3.8) is 0 Å². The maximum absolute atomic E-state index is 6.18. The molecule has 0 aliphatic heterocycles. The number of hydrogen-bond donors (Lipinski definition) is 0. The van der Waals surface area contributed by atoms with Gasteiger partial charge >= 0.3 is 0 Å². The van der Waals surface area contributed by atoms with Gasteiger partial charge in [0.1, 0.15) is 0 Å². The highest BCUT2D eigenvalue weighted by atomic mass is 16.5. The average Bonchev–Trinajstić information content (AvgIpc) is 2.89. The van der Waals surface area contributed by atoms with Gasteiger partial charge < -0.3 is 4.74 Å². The highest BCUT2D eigenvalue weighted by Gasteiger charge is 2.40. The van der Waals surface area contributed by atoms with Crippen LogP contribution in [0.5, 0.6) is 0 Å². The molecule has 3 rings (SSSR count). The van der Waals surface area contributed by atoms with Gasteiger partial charge in [0, 0.05) is 6.61 Å². The van der Waals surface area contributed by atoms with Crippen LogP contribution >= 0.6 is 0 Å². The molecule has 0 aromatic carbocycles. The lowest BCUT2D eigenvalue weighted by atomic mass is 9.90. The third-order valence-corrected chi connectivity index (χ3v) is 4.94. The Morgan fingerprint density at radius 3 is 2.40 bits per heavy atom. The van der Waals surface area contributed by atoms with Crippen LogP contribution in [0.4, 0.5) is 0 Å². The minimum atomic E-state index is 0.658. The molecule has 0 aromatic heterocycles. The van der Waals surface area contributed by atoms with Gasteiger partial charge in [0.05, 0.1) is 6.10 Å². The lowest BCUT2D eigenvalue weighted by Gasteiger charge is -2.27. The second kappa shape index (κ2) is 4.45. The Bertz CT molecular complexity index is 207. The van der Waals surface area contributed by atoms with Crippen molar-refractivity contribution in [3.8, 4) is 0 Å². The molecule has 86 valence electrons. The van der Waals surface area contributed by atoms with Crippen molar-refractivity contribution >= 4 is 0 Å². The Kier molecular flexibility index (Phi) is 3.01. The van der Waals surface area contributed by atoms with Crippen molar-refractivity contribution in [2.24, 2.45) is 17.8 Å². The molecule has 0 aromatic rings. The summed E-state index contributed by atoms with van der Waals surface area (Å²) in [7, 11) is 0.